The molecule has 0 bridgehead atoms. The van der Waals surface area contributed by atoms with Crippen molar-refractivity contribution >= 4 is 33.7 Å². The molecule has 0 saturated carbocycles. The zero-order valence-corrected chi connectivity index (χ0v) is 22.0. The second kappa shape index (κ2) is 10.6. The Labute approximate surface area is 226 Å². The molecular formula is C28H33N9O2. The average molecular weight is 528 g/mol. The summed E-state index contributed by atoms with van der Waals surface area (Å²) in [6.07, 6.45) is 7.17. The van der Waals surface area contributed by atoms with Crippen molar-refractivity contribution in [2.75, 3.05) is 54.9 Å². The summed E-state index contributed by atoms with van der Waals surface area (Å²) in [4.78, 5) is 27.1. The highest BCUT2D eigenvalue weighted by Crippen LogP contribution is 2.32. The number of ketones is 1. The number of carbonyl (C=O) groups excluding carboxylic acids is 1. The first-order chi connectivity index (χ1) is 19.0. The van der Waals surface area contributed by atoms with Gasteiger partial charge in [-0.3, -0.25) is 9.78 Å². The summed E-state index contributed by atoms with van der Waals surface area (Å²) in [5.74, 6) is 0.0842. The fourth-order valence-electron chi connectivity index (χ4n) is 5.88. The van der Waals surface area contributed by atoms with E-state index in [9.17, 15) is 4.79 Å². The molecule has 1 aromatic carbocycles. The van der Waals surface area contributed by atoms with Gasteiger partial charge in [0.05, 0.1) is 36.7 Å². The number of hydrogen-bond acceptors (Lipinski definition) is 10. The van der Waals surface area contributed by atoms with E-state index < -0.39 is 0 Å². The van der Waals surface area contributed by atoms with E-state index in [1.807, 2.05) is 35.1 Å². The number of fused-ring (bicyclic) bond motifs is 1. The second-order valence-corrected chi connectivity index (χ2v) is 10.4. The first-order valence-electron chi connectivity index (χ1n) is 13.3. The van der Waals surface area contributed by atoms with Gasteiger partial charge >= 0.3 is 0 Å². The Morgan fingerprint density at radius 2 is 1.95 bits per heavy atom. The maximum atomic E-state index is 13.6. The Balaban J connectivity index is 1.24. The van der Waals surface area contributed by atoms with Crippen molar-refractivity contribution in [1.29, 1.82) is 0 Å². The number of pyridine rings is 2. The van der Waals surface area contributed by atoms with Crippen LogP contribution in [-0.2, 0) is 11.2 Å². The fraction of sp³-hybridized carbons (Fsp3) is 0.393. The van der Waals surface area contributed by atoms with E-state index in [-0.39, 0.29) is 35.9 Å². The molecule has 2 aliphatic heterocycles. The van der Waals surface area contributed by atoms with Crippen molar-refractivity contribution in [3.63, 3.8) is 0 Å². The normalized spacial score (nSPS) is 21.8. The molecule has 5 heterocycles. The third kappa shape index (κ3) is 5.02. The predicted octanol–water partition coefficient (Wildman–Crippen LogP) is 2.09. The predicted molar refractivity (Wildman–Crippen MR) is 150 cm³/mol. The van der Waals surface area contributed by atoms with E-state index in [2.05, 4.69) is 38.1 Å². The maximum absolute atomic E-state index is 13.6. The minimum absolute atomic E-state index is 0.0552. The number of nitrogens with two attached hydrogens (primary N) is 2. The SMILES string of the molecule is C[C@H]1CN(c2ccncc2CC(=O)c2nc3cc(N4CCOCC4)ccc3cc2N)C[C@@H](N)[C@H]1n1ccnn1. The number of benzene rings is 1. The van der Waals surface area contributed by atoms with Gasteiger partial charge in [-0.25, -0.2) is 9.67 Å². The Bertz CT molecular complexity index is 1460. The number of carbonyl (C=O) groups is 1. The molecule has 11 nitrogen and oxygen atoms in total. The average Bonchev–Trinajstić information content (AvgIpc) is 3.47. The summed E-state index contributed by atoms with van der Waals surface area (Å²) in [5, 5.41) is 9.03. The number of anilines is 3. The van der Waals surface area contributed by atoms with E-state index >= 15 is 0 Å². The zero-order chi connectivity index (χ0) is 26.9. The Hall–Kier alpha value is -4.09. The van der Waals surface area contributed by atoms with Gasteiger partial charge in [0.1, 0.15) is 5.69 Å². The molecule has 2 aliphatic rings. The molecule has 6 rings (SSSR count). The van der Waals surface area contributed by atoms with Gasteiger partial charge in [-0.15, -0.1) is 5.10 Å². The molecule has 0 amide bonds. The van der Waals surface area contributed by atoms with Gasteiger partial charge in [0.15, 0.2) is 5.78 Å². The van der Waals surface area contributed by atoms with Crippen LogP contribution in [0.2, 0.25) is 0 Å². The standard InChI is InChI=1S/C28H33N9O2/c1-18-16-36(17-23(30)28(18)37-7-6-32-34-37)25-4-5-31-15-20(25)13-26(38)27-22(29)12-19-2-3-21(14-24(19)33-27)35-8-10-39-11-9-35/h2-7,12,14-15,18,23,28H,8-11,13,16-17,29-30H2,1H3/t18-,23+,28-/m0/s1. The minimum atomic E-state index is -0.148. The summed E-state index contributed by atoms with van der Waals surface area (Å²) in [7, 11) is 0. The van der Waals surface area contributed by atoms with E-state index in [1.165, 1.54) is 0 Å². The summed E-state index contributed by atoms with van der Waals surface area (Å²) in [5.41, 5.74) is 17.2. The van der Waals surface area contributed by atoms with Crippen LogP contribution in [0.25, 0.3) is 10.9 Å². The van der Waals surface area contributed by atoms with E-state index in [0.29, 0.717) is 25.4 Å². The molecule has 0 radical (unpaired) electrons. The quantitative estimate of drug-likeness (QED) is 0.358. The number of aromatic nitrogens is 5. The Morgan fingerprint density at radius 1 is 1.10 bits per heavy atom. The van der Waals surface area contributed by atoms with E-state index in [4.69, 9.17) is 21.2 Å². The van der Waals surface area contributed by atoms with Crippen LogP contribution in [0, 0.1) is 5.92 Å². The van der Waals surface area contributed by atoms with Crippen LogP contribution < -0.4 is 21.3 Å². The molecule has 2 saturated heterocycles. The number of morpholine rings is 1. The molecule has 2 fully saturated rings. The Kier molecular flexibility index (Phi) is 6.84. The number of piperidine rings is 1. The van der Waals surface area contributed by atoms with Crippen LogP contribution in [0.5, 0.6) is 0 Å². The molecule has 0 unspecified atom stereocenters. The summed E-state index contributed by atoms with van der Waals surface area (Å²) < 4.78 is 7.33. The third-order valence-corrected chi connectivity index (χ3v) is 7.75. The van der Waals surface area contributed by atoms with Gasteiger partial charge in [-0.05, 0) is 30.2 Å². The Morgan fingerprint density at radius 3 is 2.72 bits per heavy atom. The van der Waals surface area contributed by atoms with Crippen molar-refractivity contribution < 1.29 is 9.53 Å². The summed E-state index contributed by atoms with van der Waals surface area (Å²) in [6, 6.07) is 9.78. The molecule has 202 valence electrons. The minimum Gasteiger partial charge on any atom is -0.397 e. The molecule has 11 heteroatoms. The summed E-state index contributed by atoms with van der Waals surface area (Å²) >= 11 is 0. The number of ether oxygens (including phenoxy) is 1. The maximum Gasteiger partial charge on any atom is 0.187 e. The number of hydrogen-bond donors (Lipinski definition) is 2. The fourth-order valence-corrected chi connectivity index (χ4v) is 5.88. The molecule has 4 N–H and O–H groups in total. The summed E-state index contributed by atoms with van der Waals surface area (Å²) in [6.45, 7) is 6.61. The van der Waals surface area contributed by atoms with Crippen molar-refractivity contribution in [3.8, 4) is 0 Å². The monoisotopic (exact) mass is 527 g/mol. The van der Waals surface area contributed by atoms with Crippen molar-refractivity contribution in [1.82, 2.24) is 25.0 Å². The van der Waals surface area contributed by atoms with Gasteiger partial charge in [0, 0.05) is 79.6 Å². The number of nitrogens with zero attached hydrogens (tertiary/aromatic N) is 7. The van der Waals surface area contributed by atoms with Gasteiger partial charge in [0.25, 0.3) is 0 Å². The van der Waals surface area contributed by atoms with Crippen LogP contribution >= 0.6 is 0 Å². The van der Waals surface area contributed by atoms with Gasteiger partial charge in [-0.2, -0.15) is 0 Å². The zero-order valence-electron chi connectivity index (χ0n) is 22.0. The molecule has 0 aliphatic carbocycles. The van der Waals surface area contributed by atoms with Gasteiger partial charge in [-0.1, -0.05) is 18.2 Å². The first kappa shape index (κ1) is 25.2. The molecule has 3 aromatic heterocycles. The van der Waals surface area contributed by atoms with Crippen molar-refractivity contribution in [3.05, 3.63) is 66.4 Å². The van der Waals surface area contributed by atoms with Crippen molar-refractivity contribution in [2.24, 2.45) is 11.7 Å². The number of nitrogen functional groups attached to an aromatic ring is 1. The highest BCUT2D eigenvalue weighted by Gasteiger charge is 2.35. The topological polar surface area (TPSA) is 141 Å². The van der Waals surface area contributed by atoms with Crippen LogP contribution in [0.15, 0.2) is 55.1 Å². The third-order valence-electron chi connectivity index (χ3n) is 7.75. The van der Waals surface area contributed by atoms with Crippen LogP contribution in [-0.4, -0.2) is 76.2 Å². The van der Waals surface area contributed by atoms with Gasteiger partial charge < -0.3 is 26.0 Å². The smallest absolute Gasteiger partial charge is 0.187 e. The molecular weight excluding hydrogens is 494 g/mol. The lowest BCUT2D eigenvalue weighted by Gasteiger charge is -2.42. The highest BCUT2D eigenvalue weighted by atomic mass is 16.5. The lowest BCUT2D eigenvalue weighted by atomic mass is 9.89. The second-order valence-electron chi connectivity index (χ2n) is 10.4. The van der Waals surface area contributed by atoms with Crippen LogP contribution in [0.4, 0.5) is 17.1 Å². The molecule has 4 aromatic rings. The van der Waals surface area contributed by atoms with Gasteiger partial charge in [0.2, 0.25) is 0 Å². The van der Waals surface area contributed by atoms with Crippen molar-refractivity contribution in [2.45, 2.75) is 25.4 Å². The van der Waals surface area contributed by atoms with E-state index in [0.717, 1.165) is 47.5 Å². The lowest BCUT2D eigenvalue weighted by molar-refractivity contribution is 0.0989. The first-order valence-corrected chi connectivity index (χ1v) is 13.3. The van der Waals surface area contributed by atoms with Crippen LogP contribution in [0.3, 0.4) is 0 Å². The molecule has 39 heavy (non-hydrogen) atoms. The highest BCUT2D eigenvalue weighted by molar-refractivity contribution is 6.03. The molecule has 0 spiro atoms. The lowest BCUT2D eigenvalue weighted by Crippen LogP contribution is -2.53. The number of Topliss-reactive ketones (excluding diaryl/α,β-unsaturated/α-hetero) is 1. The largest absolute Gasteiger partial charge is 0.397 e. The van der Waals surface area contributed by atoms with E-state index in [1.54, 1.807) is 18.6 Å². The van der Waals surface area contributed by atoms with Crippen LogP contribution in [0.1, 0.15) is 29.0 Å². The number of rotatable bonds is 6. The molecule has 3 atom stereocenters.